The van der Waals surface area contributed by atoms with Gasteiger partial charge in [-0.2, -0.15) is 0 Å². The molecule has 0 bridgehead atoms. The van der Waals surface area contributed by atoms with Gasteiger partial charge in [-0.15, -0.1) is 0 Å². The van der Waals surface area contributed by atoms with Crippen molar-refractivity contribution >= 4 is 16.9 Å². The molecular formula is C18H17FN4O2. The minimum atomic E-state index is -0.391. The third kappa shape index (κ3) is 3.10. The van der Waals surface area contributed by atoms with Crippen molar-refractivity contribution in [3.05, 3.63) is 59.9 Å². The molecule has 2 heterocycles. The van der Waals surface area contributed by atoms with Crippen LogP contribution in [-0.4, -0.2) is 32.1 Å². The van der Waals surface area contributed by atoms with Gasteiger partial charge < -0.3 is 15.4 Å². The molecule has 1 fully saturated rings. The summed E-state index contributed by atoms with van der Waals surface area (Å²) in [6.07, 6.45) is 2.58. The van der Waals surface area contributed by atoms with Gasteiger partial charge >= 0.3 is 0 Å². The molecule has 0 unspecified atom stereocenters. The lowest BCUT2D eigenvalue weighted by Crippen LogP contribution is -2.42. The molecule has 1 aliphatic rings. The number of aliphatic hydroxyl groups excluding tert-OH is 1. The summed E-state index contributed by atoms with van der Waals surface area (Å²) in [4.78, 5) is 24.0. The van der Waals surface area contributed by atoms with Crippen LogP contribution >= 0.6 is 0 Å². The molecule has 0 radical (unpaired) electrons. The average Bonchev–Trinajstić information content (AvgIpc) is 3.01. The largest absolute Gasteiger partial charge is 0.393 e. The second-order valence-corrected chi connectivity index (χ2v) is 6.34. The molecular weight excluding hydrogens is 323 g/mol. The van der Waals surface area contributed by atoms with Gasteiger partial charge in [0.15, 0.2) is 5.82 Å². The number of rotatable bonds is 4. The normalized spacial score (nSPS) is 20.9. The fourth-order valence-electron chi connectivity index (χ4n) is 3.19. The monoisotopic (exact) mass is 340 g/mol. The van der Waals surface area contributed by atoms with Gasteiger partial charge in [-0.1, -0.05) is 6.07 Å². The smallest absolute Gasteiger partial charge is 0.287 e. The topological polar surface area (TPSA) is 90.9 Å². The lowest BCUT2D eigenvalue weighted by atomic mass is 9.76. The van der Waals surface area contributed by atoms with E-state index < -0.39 is 5.82 Å². The van der Waals surface area contributed by atoms with Crippen LogP contribution < -0.4 is 5.32 Å². The highest BCUT2D eigenvalue weighted by molar-refractivity contribution is 5.94. The number of benzene rings is 1. The number of imidazole rings is 1. The molecule has 4 rings (SSSR count). The van der Waals surface area contributed by atoms with E-state index in [0.717, 1.165) is 5.69 Å². The van der Waals surface area contributed by atoms with Crippen molar-refractivity contribution in [2.75, 3.05) is 0 Å². The molecule has 1 atom stereocenters. The predicted molar refractivity (Wildman–Crippen MR) is 89.2 cm³/mol. The fraction of sp³-hybridized carbons (Fsp3) is 0.278. The van der Waals surface area contributed by atoms with Crippen LogP contribution in [0, 0.1) is 11.7 Å². The molecule has 25 heavy (non-hydrogen) atoms. The van der Waals surface area contributed by atoms with Gasteiger partial charge in [0.25, 0.3) is 5.91 Å². The average molecular weight is 340 g/mol. The Morgan fingerprint density at radius 3 is 2.88 bits per heavy atom. The number of amides is 1. The number of hydrogen-bond acceptors (Lipinski definition) is 4. The van der Waals surface area contributed by atoms with Gasteiger partial charge in [0, 0.05) is 6.20 Å². The van der Waals surface area contributed by atoms with E-state index in [-0.39, 0.29) is 29.8 Å². The van der Waals surface area contributed by atoms with Crippen LogP contribution in [0.5, 0.6) is 0 Å². The van der Waals surface area contributed by atoms with E-state index in [2.05, 4.69) is 20.3 Å². The Bertz CT molecular complexity index is 906. The van der Waals surface area contributed by atoms with Crippen LogP contribution in [0.3, 0.4) is 0 Å². The summed E-state index contributed by atoms with van der Waals surface area (Å²) >= 11 is 0. The molecule has 1 aromatic carbocycles. The summed E-state index contributed by atoms with van der Waals surface area (Å²) in [5, 5.41) is 12.5. The van der Waals surface area contributed by atoms with Crippen LogP contribution in [0.1, 0.15) is 35.2 Å². The molecule has 2 aromatic heterocycles. The number of nitrogens with zero attached hydrogens (tertiary/aromatic N) is 2. The van der Waals surface area contributed by atoms with Crippen molar-refractivity contribution in [2.24, 2.45) is 5.92 Å². The highest BCUT2D eigenvalue weighted by Gasteiger charge is 2.36. The third-order valence-corrected chi connectivity index (χ3v) is 4.57. The number of pyridine rings is 1. The Morgan fingerprint density at radius 2 is 2.16 bits per heavy atom. The molecule has 128 valence electrons. The van der Waals surface area contributed by atoms with Crippen LogP contribution in [0.2, 0.25) is 0 Å². The highest BCUT2D eigenvalue weighted by Crippen LogP contribution is 2.37. The van der Waals surface area contributed by atoms with Crippen molar-refractivity contribution in [2.45, 2.75) is 25.0 Å². The molecule has 3 aromatic rings. The zero-order chi connectivity index (χ0) is 17.4. The molecule has 3 N–H and O–H groups in total. The maximum absolute atomic E-state index is 13.3. The molecule has 7 heteroatoms. The minimum Gasteiger partial charge on any atom is -0.393 e. The van der Waals surface area contributed by atoms with Crippen molar-refractivity contribution < 1.29 is 14.3 Å². The number of fused-ring (bicyclic) bond motifs is 1. The molecule has 0 spiro atoms. The number of aliphatic hydroxyl groups is 1. The highest BCUT2D eigenvalue weighted by atomic mass is 19.1. The minimum absolute atomic E-state index is 0.121. The number of carbonyl (C=O) groups excluding carboxylic acids is 1. The molecule has 1 saturated carbocycles. The van der Waals surface area contributed by atoms with Gasteiger partial charge in [-0.05, 0) is 49.1 Å². The van der Waals surface area contributed by atoms with E-state index in [1.54, 1.807) is 6.20 Å². The molecule has 6 nitrogen and oxygen atoms in total. The predicted octanol–water partition coefficient (Wildman–Crippen LogP) is 2.34. The number of H-pyrrole nitrogens is 1. The summed E-state index contributed by atoms with van der Waals surface area (Å²) in [6.45, 7) is 0. The van der Waals surface area contributed by atoms with E-state index in [0.29, 0.717) is 23.9 Å². The van der Waals surface area contributed by atoms with Gasteiger partial charge in [0.2, 0.25) is 0 Å². The molecule has 1 amide bonds. The van der Waals surface area contributed by atoms with Gasteiger partial charge in [0.1, 0.15) is 5.82 Å². The fourth-order valence-corrected chi connectivity index (χ4v) is 3.19. The molecule has 0 aliphatic heterocycles. The van der Waals surface area contributed by atoms with Crippen molar-refractivity contribution in [1.82, 2.24) is 20.3 Å². The second-order valence-electron chi connectivity index (χ2n) is 6.34. The summed E-state index contributed by atoms with van der Waals surface area (Å²) in [7, 11) is 0. The zero-order valence-corrected chi connectivity index (χ0v) is 13.3. The first-order valence-electron chi connectivity index (χ1n) is 8.15. The van der Waals surface area contributed by atoms with Gasteiger partial charge in [-0.3, -0.25) is 9.78 Å². The maximum Gasteiger partial charge on any atom is 0.287 e. The molecule has 1 aliphatic carbocycles. The SMILES string of the molecule is O=C(N[C@H](c1ccccn1)C1CC(O)C1)c1nc2ccc(F)cc2[nH]1. The third-order valence-electron chi connectivity index (χ3n) is 4.57. The van der Waals surface area contributed by atoms with Crippen LogP contribution in [0.15, 0.2) is 42.6 Å². The van der Waals surface area contributed by atoms with E-state index >= 15 is 0 Å². The maximum atomic E-state index is 13.3. The number of halogens is 1. The zero-order valence-electron chi connectivity index (χ0n) is 13.3. The first-order chi connectivity index (χ1) is 12.1. The number of carbonyl (C=O) groups is 1. The van der Waals surface area contributed by atoms with Crippen LogP contribution in [-0.2, 0) is 0 Å². The van der Waals surface area contributed by atoms with E-state index in [4.69, 9.17) is 0 Å². The van der Waals surface area contributed by atoms with E-state index in [1.807, 2.05) is 18.2 Å². The molecule has 0 saturated heterocycles. The first-order valence-corrected chi connectivity index (χ1v) is 8.15. The van der Waals surface area contributed by atoms with E-state index in [9.17, 15) is 14.3 Å². The van der Waals surface area contributed by atoms with Crippen LogP contribution in [0.4, 0.5) is 4.39 Å². The Hall–Kier alpha value is -2.80. The second kappa shape index (κ2) is 6.25. The summed E-state index contributed by atoms with van der Waals surface area (Å²) < 4.78 is 13.3. The Balaban J connectivity index is 1.59. The standard InChI is InChI=1S/C18H17FN4O2/c19-11-4-5-13-15(9-11)22-17(21-13)18(25)23-16(10-7-12(24)8-10)14-3-1-2-6-20-14/h1-6,9-10,12,16,24H,7-8H2,(H,21,22)(H,23,25)/t10?,12?,16-/m0/s1. The Kier molecular flexibility index (Phi) is 3.93. The lowest BCUT2D eigenvalue weighted by molar-refractivity contribution is 0.0227. The number of aromatic nitrogens is 3. The first kappa shape index (κ1) is 15.7. The van der Waals surface area contributed by atoms with Gasteiger partial charge in [0.05, 0.1) is 28.9 Å². The van der Waals surface area contributed by atoms with Crippen LogP contribution in [0.25, 0.3) is 11.0 Å². The summed E-state index contributed by atoms with van der Waals surface area (Å²) in [5.74, 6) is -0.524. The van der Waals surface area contributed by atoms with Crippen molar-refractivity contribution in [3.63, 3.8) is 0 Å². The quantitative estimate of drug-likeness (QED) is 0.680. The summed E-state index contributed by atoms with van der Waals surface area (Å²) in [6, 6.07) is 9.35. The number of hydrogen-bond donors (Lipinski definition) is 3. The summed E-state index contributed by atoms with van der Waals surface area (Å²) in [5.41, 5.74) is 1.74. The van der Waals surface area contributed by atoms with Crippen molar-refractivity contribution in [1.29, 1.82) is 0 Å². The van der Waals surface area contributed by atoms with Gasteiger partial charge in [-0.25, -0.2) is 9.37 Å². The number of aromatic amines is 1. The Labute approximate surface area is 143 Å². The Morgan fingerprint density at radius 1 is 1.32 bits per heavy atom. The van der Waals surface area contributed by atoms with Crippen molar-refractivity contribution in [3.8, 4) is 0 Å². The number of nitrogens with one attached hydrogen (secondary N) is 2. The lowest BCUT2D eigenvalue weighted by Gasteiger charge is -2.37. The van der Waals surface area contributed by atoms with E-state index in [1.165, 1.54) is 18.2 Å².